The molecule has 0 bridgehead atoms. The van der Waals surface area contributed by atoms with Crippen molar-refractivity contribution in [1.82, 2.24) is 10.6 Å². The van der Waals surface area contributed by atoms with Crippen LogP contribution in [-0.4, -0.2) is 24.8 Å². The summed E-state index contributed by atoms with van der Waals surface area (Å²) in [6, 6.07) is 3.94. The number of nitrogens with one attached hydrogen (secondary N) is 2. The molecule has 1 aromatic heterocycles. The van der Waals surface area contributed by atoms with Gasteiger partial charge in [0.05, 0.1) is 18.7 Å². The van der Waals surface area contributed by atoms with Gasteiger partial charge in [-0.1, -0.05) is 6.07 Å². The van der Waals surface area contributed by atoms with Gasteiger partial charge in [-0.2, -0.15) is 0 Å². The fraction of sp³-hybridized carbons (Fsp3) is 0.583. The summed E-state index contributed by atoms with van der Waals surface area (Å²) >= 11 is 1.64. The molecule has 17 heavy (non-hydrogen) atoms. The van der Waals surface area contributed by atoms with E-state index < -0.39 is 0 Å². The van der Waals surface area contributed by atoms with Crippen LogP contribution in [0.5, 0.6) is 0 Å². The van der Waals surface area contributed by atoms with Crippen molar-refractivity contribution < 1.29 is 9.53 Å². The first-order chi connectivity index (χ1) is 8.25. The van der Waals surface area contributed by atoms with Gasteiger partial charge in [0.25, 0.3) is 0 Å². The lowest BCUT2D eigenvalue weighted by Gasteiger charge is -2.20. The second kappa shape index (κ2) is 6.02. The zero-order chi connectivity index (χ0) is 12.1. The Kier molecular flexibility index (Phi) is 4.39. The Balaban J connectivity index is 1.69. The van der Waals surface area contributed by atoms with Crippen molar-refractivity contribution in [3.8, 4) is 0 Å². The number of thiophene rings is 1. The minimum Gasteiger partial charge on any atom is -0.376 e. The molecule has 0 unspecified atom stereocenters. The third-order valence-electron chi connectivity index (χ3n) is 2.88. The van der Waals surface area contributed by atoms with Crippen LogP contribution < -0.4 is 10.6 Å². The van der Waals surface area contributed by atoms with Crippen LogP contribution in [0.25, 0.3) is 0 Å². The highest BCUT2D eigenvalue weighted by molar-refractivity contribution is 7.09. The number of hydrogen-bond donors (Lipinski definition) is 2. The van der Waals surface area contributed by atoms with Crippen molar-refractivity contribution in [3.05, 3.63) is 22.4 Å². The fourth-order valence-corrected chi connectivity index (χ4v) is 2.57. The normalized spacial score (nSPS) is 21.1. The highest BCUT2D eigenvalue weighted by Gasteiger charge is 2.23. The maximum absolute atomic E-state index is 11.6. The van der Waals surface area contributed by atoms with Crippen LogP contribution in [0.3, 0.4) is 0 Å². The van der Waals surface area contributed by atoms with Crippen molar-refractivity contribution in [1.29, 1.82) is 0 Å². The van der Waals surface area contributed by atoms with E-state index in [2.05, 4.69) is 10.6 Å². The van der Waals surface area contributed by atoms with Crippen molar-refractivity contribution in [3.63, 3.8) is 0 Å². The predicted molar refractivity (Wildman–Crippen MR) is 68.1 cm³/mol. The first-order valence-electron chi connectivity index (χ1n) is 5.94. The number of carbonyl (C=O) groups is 1. The Bertz CT molecular complexity index is 347. The SMILES string of the molecule is C[C@@H](NC(=O)NCc1cccs1)[C@@H]1CCCO1. The van der Waals surface area contributed by atoms with Crippen LogP contribution >= 0.6 is 11.3 Å². The van der Waals surface area contributed by atoms with Gasteiger partial charge in [0.1, 0.15) is 0 Å². The summed E-state index contributed by atoms with van der Waals surface area (Å²) in [5.41, 5.74) is 0. The highest BCUT2D eigenvalue weighted by Crippen LogP contribution is 2.15. The Morgan fingerprint density at radius 1 is 1.71 bits per heavy atom. The molecule has 2 amide bonds. The molecule has 1 fully saturated rings. The second-order valence-corrected chi connectivity index (χ2v) is 5.28. The van der Waals surface area contributed by atoms with Gasteiger partial charge < -0.3 is 15.4 Å². The van der Waals surface area contributed by atoms with Gasteiger partial charge in [0, 0.05) is 11.5 Å². The predicted octanol–water partition coefficient (Wildman–Crippen LogP) is 2.11. The summed E-state index contributed by atoms with van der Waals surface area (Å²) in [6.07, 6.45) is 2.29. The van der Waals surface area contributed by atoms with Crippen molar-refractivity contribution >= 4 is 17.4 Å². The van der Waals surface area contributed by atoms with E-state index in [1.54, 1.807) is 11.3 Å². The Hall–Kier alpha value is -1.07. The lowest BCUT2D eigenvalue weighted by Crippen LogP contribution is -2.45. The monoisotopic (exact) mass is 254 g/mol. The summed E-state index contributed by atoms with van der Waals surface area (Å²) in [7, 11) is 0. The summed E-state index contributed by atoms with van der Waals surface area (Å²) in [4.78, 5) is 12.8. The molecule has 0 aromatic carbocycles. The third kappa shape index (κ3) is 3.71. The minimum atomic E-state index is -0.124. The smallest absolute Gasteiger partial charge is 0.315 e. The average molecular weight is 254 g/mol. The van der Waals surface area contributed by atoms with Crippen LogP contribution in [0.15, 0.2) is 17.5 Å². The quantitative estimate of drug-likeness (QED) is 0.864. The molecule has 2 heterocycles. The first-order valence-corrected chi connectivity index (χ1v) is 6.82. The molecule has 0 spiro atoms. The van der Waals surface area contributed by atoms with Crippen molar-refractivity contribution in [2.75, 3.05) is 6.61 Å². The molecule has 94 valence electrons. The molecule has 1 aliphatic rings. The first kappa shape index (κ1) is 12.4. The molecule has 0 aliphatic carbocycles. The van der Waals surface area contributed by atoms with Gasteiger partial charge in [0.2, 0.25) is 0 Å². The van der Waals surface area contributed by atoms with E-state index in [4.69, 9.17) is 4.74 Å². The average Bonchev–Trinajstić information content (AvgIpc) is 2.99. The molecule has 2 atom stereocenters. The van der Waals surface area contributed by atoms with E-state index in [1.165, 1.54) is 0 Å². The molecule has 1 saturated heterocycles. The zero-order valence-electron chi connectivity index (χ0n) is 9.94. The van der Waals surface area contributed by atoms with E-state index in [-0.39, 0.29) is 18.2 Å². The van der Waals surface area contributed by atoms with E-state index in [1.807, 2.05) is 24.4 Å². The van der Waals surface area contributed by atoms with Gasteiger partial charge in [-0.25, -0.2) is 4.79 Å². The van der Waals surface area contributed by atoms with Crippen LogP contribution in [0.1, 0.15) is 24.6 Å². The standard InChI is InChI=1S/C12H18N2O2S/c1-9(11-5-2-6-16-11)14-12(15)13-8-10-4-3-7-17-10/h3-4,7,9,11H,2,5-6,8H2,1H3,(H2,13,14,15)/t9-,11+/m1/s1. The Morgan fingerprint density at radius 2 is 2.59 bits per heavy atom. The summed E-state index contributed by atoms with van der Waals surface area (Å²) in [6.45, 7) is 3.38. The molecular weight excluding hydrogens is 236 g/mol. The number of carbonyl (C=O) groups excluding carboxylic acids is 1. The van der Waals surface area contributed by atoms with Gasteiger partial charge in [0.15, 0.2) is 0 Å². The second-order valence-electron chi connectivity index (χ2n) is 4.25. The Labute approximate surface area is 105 Å². The molecule has 2 N–H and O–H groups in total. The van der Waals surface area contributed by atoms with E-state index in [9.17, 15) is 4.79 Å². The topological polar surface area (TPSA) is 50.4 Å². The molecule has 5 heteroatoms. The van der Waals surface area contributed by atoms with E-state index in [0.29, 0.717) is 6.54 Å². The third-order valence-corrected chi connectivity index (χ3v) is 3.76. The van der Waals surface area contributed by atoms with Crippen LogP contribution in [0.2, 0.25) is 0 Å². The lowest BCUT2D eigenvalue weighted by molar-refractivity contribution is 0.0860. The van der Waals surface area contributed by atoms with Gasteiger partial charge in [-0.05, 0) is 31.2 Å². The summed E-state index contributed by atoms with van der Waals surface area (Å²) < 4.78 is 5.53. The molecule has 2 rings (SSSR count). The number of urea groups is 1. The molecule has 0 radical (unpaired) electrons. The summed E-state index contributed by atoms with van der Waals surface area (Å²) in [5.74, 6) is 0. The van der Waals surface area contributed by atoms with Gasteiger partial charge in [-0.15, -0.1) is 11.3 Å². The number of ether oxygens (including phenoxy) is 1. The zero-order valence-corrected chi connectivity index (χ0v) is 10.8. The summed E-state index contributed by atoms with van der Waals surface area (Å²) in [5, 5.41) is 7.76. The van der Waals surface area contributed by atoms with Gasteiger partial charge >= 0.3 is 6.03 Å². The van der Waals surface area contributed by atoms with Gasteiger partial charge in [-0.3, -0.25) is 0 Å². The molecule has 0 saturated carbocycles. The minimum absolute atomic E-state index is 0.0702. The maximum atomic E-state index is 11.6. The lowest BCUT2D eigenvalue weighted by atomic mass is 10.1. The van der Waals surface area contributed by atoms with Crippen LogP contribution in [0, 0.1) is 0 Å². The van der Waals surface area contributed by atoms with Crippen molar-refractivity contribution in [2.45, 2.75) is 38.5 Å². The highest BCUT2D eigenvalue weighted by atomic mass is 32.1. The van der Waals surface area contributed by atoms with Crippen molar-refractivity contribution in [2.24, 2.45) is 0 Å². The molecular formula is C12H18N2O2S. The molecule has 1 aromatic rings. The number of rotatable bonds is 4. The largest absolute Gasteiger partial charge is 0.376 e. The van der Waals surface area contributed by atoms with Crippen LogP contribution in [0.4, 0.5) is 4.79 Å². The molecule has 1 aliphatic heterocycles. The van der Waals surface area contributed by atoms with E-state index >= 15 is 0 Å². The van der Waals surface area contributed by atoms with E-state index in [0.717, 1.165) is 24.3 Å². The maximum Gasteiger partial charge on any atom is 0.315 e. The Morgan fingerprint density at radius 3 is 3.24 bits per heavy atom. The number of hydrogen-bond acceptors (Lipinski definition) is 3. The number of amides is 2. The fourth-order valence-electron chi connectivity index (χ4n) is 1.93. The van der Waals surface area contributed by atoms with Crippen LogP contribution in [-0.2, 0) is 11.3 Å². The molecule has 4 nitrogen and oxygen atoms in total.